The SMILES string of the molecule is COC(=O)c1sc(C(C)(C)C)cc1NS(=O)(=O)c1cc(C)c(Cl)cc1S. The Morgan fingerprint density at radius 1 is 1.27 bits per heavy atom. The lowest BCUT2D eigenvalue weighted by Gasteiger charge is -2.15. The molecule has 0 unspecified atom stereocenters. The van der Waals surface area contributed by atoms with Crippen LogP contribution in [0.25, 0.3) is 0 Å². The molecule has 0 aliphatic carbocycles. The maximum atomic E-state index is 12.9. The largest absolute Gasteiger partial charge is 0.465 e. The van der Waals surface area contributed by atoms with Gasteiger partial charge in [0, 0.05) is 14.8 Å². The Labute approximate surface area is 168 Å². The molecule has 0 saturated heterocycles. The fraction of sp³-hybridized carbons (Fsp3) is 0.353. The Hall–Kier alpha value is -1.22. The van der Waals surface area contributed by atoms with E-state index < -0.39 is 16.0 Å². The van der Waals surface area contributed by atoms with Gasteiger partial charge < -0.3 is 4.74 Å². The highest BCUT2D eigenvalue weighted by atomic mass is 35.5. The molecule has 0 fully saturated rings. The third-order valence-corrected chi connectivity index (χ3v) is 7.49. The number of halogens is 1. The molecule has 5 nitrogen and oxygen atoms in total. The van der Waals surface area contributed by atoms with Crippen LogP contribution in [-0.4, -0.2) is 21.5 Å². The zero-order valence-electron chi connectivity index (χ0n) is 15.0. The van der Waals surface area contributed by atoms with Crippen LogP contribution in [0.15, 0.2) is 28.0 Å². The number of methoxy groups -OCH3 is 1. The maximum absolute atomic E-state index is 12.9. The number of carbonyl (C=O) groups is 1. The monoisotopic (exact) mass is 433 g/mol. The number of aryl methyl sites for hydroxylation is 1. The second-order valence-corrected chi connectivity index (χ2v) is 10.4. The summed E-state index contributed by atoms with van der Waals surface area (Å²) >= 11 is 11.4. The van der Waals surface area contributed by atoms with E-state index in [1.807, 2.05) is 20.8 Å². The fourth-order valence-corrected chi connectivity index (χ4v) is 5.31. The quantitative estimate of drug-likeness (QED) is 0.532. The minimum absolute atomic E-state index is 0.0120. The lowest BCUT2D eigenvalue weighted by atomic mass is 9.95. The minimum Gasteiger partial charge on any atom is -0.465 e. The van der Waals surface area contributed by atoms with Crippen LogP contribution >= 0.6 is 35.6 Å². The van der Waals surface area contributed by atoms with E-state index in [1.54, 1.807) is 13.0 Å². The second kappa shape index (κ2) is 7.42. The Morgan fingerprint density at radius 2 is 1.88 bits per heavy atom. The molecule has 142 valence electrons. The van der Waals surface area contributed by atoms with Gasteiger partial charge in [-0.05, 0) is 36.1 Å². The van der Waals surface area contributed by atoms with Crippen LogP contribution in [0.5, 0.6) is 0 Å². The summed E-state index contributed by atoms with van der Waals surface area (Å²) in [5.41, 5.74) is 0.550. The predicted molar refractivity (Wildman–Crippen MR) is 109 cm³/mol. The molecule has 1 aromatic heterocycles. The zero-order chi connectivity index (χ0) is 19.9. The zero-order valence-corrected chi connectivity index (χ0v) is 18.3. The first-order valence-corrected chi connectivity index (χ1v) is 10.7. The highest BCUT2D eigenvalue weighted by molar-refractivity contribution is 7.93. The van der Waals surface area contributed by atoms with Gasteiger partial charge in [-0.25, -0.2) is 13.2 Å². The number of thiol groups is 1. The molecular formula is C17H20ClNO4S3. The Bertz CT molecular complexity index is 959. The number of sulfonamides is 1. The van der Waals surface area contributed by atoms with Crippen molar-refractivity contribution in [3.63, 3.8) is 0 Å². The molecule has 2 rings (SSSR count). The van der Waals surface area contributed by atoms with Crippen LogP contribution in [0.4, 0.5) is 5.69 Å². The summed E-state index contributed by atoms with van der Waals surface area (Å²) in [6.45, 7) is 7.64. The molecular weight excluding hydrogens is 414 g/mol. The standard InChI is InChI=1S/C17H20ClNO4S3/c1-9-6-13(12(24)7-10(9)18)26(21,22)19-11-8-14(17(2,3)4)25-15(11)16(20)23-5/h6-8,19,24H,1-5H3. The van der Waals surface area contributed by atoms with Gasteiger partial charge in [0.2, 0.25) is 0 Å². The molecule has 1 N–H and O–H groups in total. The maximum Gasteiger partial charge on any atom is 0.350 e. The molecule has 0 amide bonds. The van der Waals surface area contributed by atoms with Crippen molar-refractivity contribution >= 4 is 57.2 Å². The molecule has 0 aliphatic rings. The van der Waals surface area contributed by atoms with E-state index in [2.05, 4.69) is 17.4 Å². The normalized spacial score (nSPS) is 12.1. The van der Waals surface area contributed by atoms with Crippen LogP contribution in [0, 0.1) is 6.92 Å². The van der Waals surface area contributed by atoms with Crippen LogP contribution in [-0.2, 0) is 20.2 Å². The summed E-state index contributed by atoms with van der Waals surface area (Å²) in [5, 5.41) is 0.426. The van der Waals surface area contributed by atoms with E-state index >= 15 is 0 Å². The van der Waals surface area contributed by atoms with Gasteiger partial charge in [0.15, 0.2) is 0 Å². The van der Waals surface area contributed by atoms with Crippen molar-refractivity contribution in [1.29, 1.82) is 0 Å². The van der Waals surface area contributed by atoms with Gasteiger partial charge in [-0.1, -0.05) is 32.4 Å². The summed E-state index contributed by atoms with van der Waals surface area (Å²) in [6, 6.07) is 4.58. The van der Waals surface area contributed by atoms with Gasteiger partial charge in [-0.2, -0.15) is 0 Å². The molecule has 0 atom stereocenters. The van der Waals surface area contributed by atoms with E-state index in [9.17, 15) is 13.2 Å². The van der Waals surface area contributed by atoms with Crippen molar-refractivity contribution in [3.05, 3.63) is 38.5 Å². The van der Waals surface area contributed by atoms with Crippen molar-refractivity contribution in [2.24, 2.45) is 0 Å². The van der Waals surface area contributed by atoms with Crippen molar-refractivity contribution in [1.82, 2.24) is 0 Å². The average molecular weight is 434 g/mol. The van der Waals surface area contributed by atoms with E-state index in [0.717, 1.165) is 4.88 Å². The summed E-state index contributed by atoms with van der Waals surface area (Å²) < 4.78 is 33.0. The first-order chi connectivity index (χ1) is 11.9. The number of anilines is 1. The molecule has 9 heteroatoms. The number of carbonyl (C=O) groups excluding carboxylic acids is 1. The Morgan fingerprint density at radius 3 is 2.42 bits per heavy atom. The number of esters is 1. The van der Waals surface area contributed by atoms with Gasteiger partial charge in [0.1, 0.15) is 9.77 Å². The Balaban J connectivity index is 2.54. The lowest BCUT2D eigenvalue weighted by Crippen LogP contribution is -2.15. The molecule has 0 bridgehead atoms. The van der Waals surface area contributed by atoms with Crippen molar-refractivity contribution < 1.29 is 17.9 Å². The van der Waals surface area contributed by atoms with Crippen molar-refractivity contribution in [3.8, 4) is 0 Å². The van der Waals surface area contributed by atoms with E-state index in [0.29, 0.717) is 10.6 Å². The topological polar surface area (TPSA) is 72.5 Å². The minimum atomic E-state index is -3.97. The average Bonchev–Trinajstić information content (AvgIpc) is 2.93. The van der Waals surface area contributed by atoms with Gasteiger partial charge in [-0.15, -0.1) is 24.0 Å². The molecule has 0 aliphatic heterocycles. The number of nitrogens with one attached hydrogen (secondary N) is 1. The molecule has 0 spiro atoms. The molecule has 1 heterocycles. The lowest BCUT2D eigenvalue weighted by molar-refractivity contribution is 0.0607. The summed E-state index contributed by atoms with van der Waals surface area (Å²) in [7, 11) is -2.71. The molecule has 26 heavy (non-hydrogen) atoms. The highest BCUT2D eigenvalue weighted by Crippen LogP contribution is 2.37. The third-order valence-electron chi connectivity index (χ3n) is 3.62. The van der Waals surface area contributed by atoms with Crippen LogP contribution in [0.1, 0.15) is 40.9 Å². The van der Waals surface area contributed by atoms with Gasteiger partial charge in [-0.3, -0.25) is 4.72 Å². The third kappa shape index (κ3) is 4.36. The van der Waals surface area contributed by atoms with E-state index in [4.69, 9.17) is 16.3 Å². The number of benzene rings is 1. The predicted octanol–water partition coefficient (Wildman–Crippen LogP) is 4.88. The smallest absolute Gasteiger partial charge is 0.350 e. The van der Waals surface area contributed by atoms with Crippen LogP contribution in [0.2, 0.25) is 5.02 Å². The number of ether oxygens (including phenoxy) is 1. The number of hydrogen-bond acceptors (Lipinski definition) is 6. The molecule has 0 saturated carbocycles. The van der Waals surface area contributed by atoms with Crippen molar-refractivity contribution in [2.75, 3.05) is 11.8 Å². The first kappa shape index (κ1) is 21.1. The summed E-state index contributed by atoms with van der Waals surface area (Å²) in [6.07, 6.45) is 0. The van der Waals surface area contributed by atoms with Crippen LogP contribution in [0.3, 0.4) is 0 Å². The first-order valence-electron chi connectivity index (χ1n) is 7.61. The molecule has 2 aromatic rings. The van der Waals surface area contributed by atoms with Crippen LogP contribution < -0.4 is 4.72 Å². The fourth-order valence-electron chi connectivity index (χ4n) is 2.14. The number of hydrogen-bond donors (Lipinski definition) is 2. The van der Waals surface area contributed by atoms with Gasteiger partial charge in [0.05, 0.1) is 12.8 Å². The second-order valence-electron chi connectivity index (χ2n) is 6.77. The Kier molecular flexibility index (Phi) is 6.02. The van der Waals surface area contributed by atoms with Gasteiger partial charge in [0.25, 0.3) is 10.0 Å². The highest BCUT2D eigenvalue weighted by Gasteiger charge is 2.27. The van der Waals surface area contributed by atoms with E-state index in [-0.39, 0.29) is 25.8 Å². The number of rotatable bonds is 4. The van der Waals surface area contributed by atoms with Crippen molar-refractivity contribution in [2.45, 2.75) is 42.9 Å². The number of thiophene rings is 1. The summed E-state index contributed by atoms with van der Waals surface area (Å²) in [5.74, 6) is -0.596. The molecule has 1 aromatic carbocycles. The molecule has 0 radical (unpaired) electrons. The summed E-state index contributed by atoms with van der Waals surface area (Å²) in [4.78, 5) is 13.3. The van der Waals surface area contributed by atoms with E-state index in [1.165, 1.54) is 30.6 Å². The van der Waals surface area contributed by atoms with Gasteiger partial charge >= 0.3 is 5.97 Å².